The van der Waals surface area contributed by atoms with Crippen molar-refractivity contribution in [2.24, 2.45) is 0 Å². The largest absolute Gasteiger partial charge is 0.445 e. The Labute approximate surface area is 152 Å². The molecule has 0 unspecified atom stereocenters. The molecule has 0 spiro atoms. The maximum Gasteiger partial charge on any atom is 0.407 e. The third-order valence-electron chi connectivity index (χ3n) is 4.16. The Morgan fingerprint density at radius 2 is 1.88 bits per heavy atom. The Kier molecular flexibility index (Phi) is 5.41. The van der Waals surface area contributed by atoms with Crippen molar-refractivity contribution in [3.63, 3.8) is 0 Å². The Hall–Kier alpha value is -2.61. The fourth-order valence-electron chi connectivity index (χ4n) is 2.71. The number of pyridine rings is 1. The molecule has 0 radical (unpaired) electrons. The average Bonchev–Trinajstić information content (AvgIpc) is 2.58. The summed E-state index contributed by atoms with van der Waals surface area (Å²) in [5.74, 6) is 0. The summed E-state index contributed by atoms with van der Waals surface area (Å²) in [6.45, 7) is 0.249. The van der Waals surface area contributed by atoms with Gasteiger partial charge in [-0.3, -0.25) is 0 Å². The van der Waals surface area contributed by atoms with Crippen molar-refractivity contribution in [2.75, 3.05) is 11.6 Å². The van der Waals surface area contributed by atoms with Crippen LogP contribution >= 0.6 is 0 Å². The number of anilines is 1. The Morgan fingerprint density at radius 3 is 2.50 bits per heavy atom. The molecule has 3 rings (SSSR count). The molecule has 1 fully saturated rings. The van der Waals surface area contributed by atoms with Crippen LogP contribution in [-0.2, 0) is 21.2 Å². The molecule has 0 atom stereocenters. The highest BCUT2D eigenvalue weighted by Gasteiger charge is 2.30. The molecule has 1 saturated carbocycles. The molecule has 8 heteroatoms. The fraction of sp³-hybridized carbons (Fsp3) is 0.333. The van der Waals surface area contributed by atoms with Gasteiger partial charge in [-0.1, -0.05) is 30.3 Å². The smallest absolute Gasteiger partial charge is 0.407 e. The van der Waals surface area contributed by atoms with Gasteiger partial charge in [0.2, 0.25) is 0 Å². The third-order valence-corrected chi connectivity index (χ3v) is 5.16. The Bertz CT molecular complexity index is 848. The van der Waals surface area contributed by atoms with Gasteiger partial charge >= 0.3 is 6.09 Å². The van der Waals surface area contributed by atoms with Crippen molar-refractivity contribution >= 4 is 21.6 Å². The zero-order valence-corrected chi connectivity index (χ0v) is 15.2. The van der Waals surface area contributed by atoms with Crippen molar-refractivity contribution in [1.82, 2.24) is 10.3 Å². The summed E-state index contributed by atoms with van der Waals surface area (Å²) < 4.78 is 28.0. The molecule has 0 saturated heterocycles. The molecular formula is C18H21N3O4S. The summed E-state index contributed by atoms with van der Waals surface area (Å²) in [5.41, 5.74) is 1.70. The van der Waals surface area contributed by atoms with E-state index in [4.69, 9.17) is 4.74 Å². The lowest BCUT2D eigenvalue weighted by molar-refractivity contribution is 0.129. The van der Waals surface area contributed by atoms with Crippen molar-refractivity contribution in [1.29, 1.82) is 0 Å². The first-order valence-corrected chi connectivity index (χ1v) is 10.2. The SMILES string of the molecule is CS(=O)(=O)c1ccc(NC2CC(NC(=O)OCc3ccccc3)C2)cn1. The highest BCUT2D eigenvalue weighted by atomic mass is 32.2. The van der Waals surface area contributed by atoms with Crippen molar-refractivity contribution in [3.8, 4) is 0 Å². The maximum absolute atomic E-state index is 11.8. The first kappa shape index (κ1) is 18.2. The molecule has 26 heavy (non-hydrogen) atoms. The molecule has 1 aromatic heterocycles. The maximum atomic E-state index is 11.8. The van der Waals surface area contributed by atoms with Crippen LogP contribution in [0.4, 0.5) is 10.5 Å². The number of hydrogen-bond donors (Lipinski definition) is 2. The normalized spacial score (nSPS) is 19.3. The van der Waals surface area contributed by atoms with E-state index in [1.807, 2.05) is 30.3 Å². The van der Waals surface area contributed by atoms with E-state index in [2.05, 4.69) is 15.6 Å². The van der Waals surface area contributed by atoms with Gasteiger partial charge < -0.3 is 15.4 Å². The predicted molar refractivity (Wildman–Crippen MR) is 97.5 cm³/mol. The molecule has 1 aliphatic carbocycles. The van der Waals surface area contributed by atoms with E-state index in [0.717, 1.165) is 30.3 Å². The van der Waals surface area contributed by atoms with Crippen LogP contribution < -0.4 is 10.6 Å². The Morgan fingerprint density at radius 1 is 1.15 bits per heavy atom. The molecule has 1 amide bonds. The van der Waals surface area contributed by atoms with E-state index in [-0.39, 0.29) is 23.7 Å². The van der Waals surface area contributed by atoms with Gasteiger partial charge in [-0.05, 0) is 30.5 Å². The zero-order valence-electron chi connectivity index (χ0n) is 14.4. The second-order valence-electron chi connectivity index (χ2n) is 6.37. The summed E-state index contributed by atoms with van der Waals surface area (Å²) in [6.07, 6.45) is 3.76. The number of alkyl carbamates (subject to hydrolysis) is 1. The molecular weight excluding hydrogens is 354 g/mol. The second-order valence-corrected chi connectivity index (χ2v) is 8.34. The van der Waals surface area contributed by atoms with E-state index in [0.29, 0.717) is 0 Å². The number of nitrogens with one attached hydrogen (secondary N) is 2. The number of hydrogen-bond acceptors (Lipinski definition) is 6. The number of ether oxygens (including phenoxy) is 1. The standard InChI is InChI=1S/C18H21N3O4S/c1-26(23,24)17-8-7-14(11-19-17)20-15-9-16(10-15)21-18(22)25-12-13-5-3-2-4-6-13/h2-8,11,15-16,20H,9-10,12H2,1H3,(H,21,22). The number of rotatable bonds is 6. The number of amides is 1. The third kappa shape index (κ3) is 4.95. The second kappa shape index (κ2) is 7.74. The van der Waals surface area contributed by atoms with Crippen LogP contribution in [-0.4, -0.2) is 37.8 Å². The highest BCUT2D eigenvalue weighted by molar-refractivity contribution is 7.90. The van der Waals surface area contributed by atoms with E-state index in [1.54, 1.807) is 6.07 Å². The van der Waals surface area contributed by atoms with Gasteiger partial charge in [0, 0.05) is 18.3 Å². The van der Waals surface area contributed by atoms with Crippen LogP contribution in [0.25, 0.3) is 0 Å². The average molecular weight is 375 g/mol. The van der Waals surface area contributed by atoms with Gasteiger partial charge in [0.25, 0.3) is 0 Å². The lowest BCUT2D eigenvalue weighted by Crippen LogP contribution is -2.49. The van der Waals surface area contributed by atoms with Gasteiger partial charge in [-0.2, -0.15) is 0 Å². The fourth-order valence-corrected chi connectivity index (χ4v) is 3.27. The van der Waals surface area contributed by atoms with Gasteiger partial charge in [0.1, 0.15) is 6.61 Å². The molecule has 0 bridgehead atoms. The van der Waals surface area contributed by atoms with E-state index in [1.165, 1.54) is 12.3 Å². The number of aromatic nitrogens is 1. The van der Waals surface area contributed by atoms with Crippen LogP contribution in [0.3, 0.4) is 0 Å². The van der Waals surface area contributed by atoms with Crippen LogP contribution in [0.2, 0.25) is 0 Å². The molecule has 0 aliphatic heterocycles. The van der Waals surface area contributed by atoms with Crippen LogP contribution in [0.1, 0.15) is 18.4 Å². The van der Waals surface area contributed by atoms with Crippen LogP contribution in [0.15, 0.2) is 53.7 Å². The number of carbonyl (C=O) groups excluding carboxylic acids is 1. The quantitative estimate of drug-likeness (QED) is 0.804. The first-order chi connectivity index (χ1) is 12.4. The number of sulfone groups is 1. The van der Waals surface area contributed by atoms with Crippen LogP contribution in [0.5, 0.6) is 0 Å². The predicted octanol–water partition coefficient (Wildman–Crippen LogP) is 2.35. The molecule has 1 heterocycles. The monoisotopic (exact) mass is 375 g/mol. The molecule has 1 aliphatic rings. The lowest BCUT2D eigenvalue weighted by atomic mass is 9.87. The molecule has 7 nitrogen and oxygen atoms in total. The molecule has 2 N–H and O–H groups in total. The highest BCUT2D eigenvalue weighted by Crippen LogP contribution is 2.24. The van der Waals surface area contributed by atoms with Crippen LogP contribution in [0, 0.1) is 0 Å². The van der Waals surface area contributed by atoms with E-state index in [9.17, 15) is 13.2 Å². The summed E-state index contributed by atoms with van der Waals surface area (Å²) in [5, 5.41) is 6.16. The topological polar surface area (TPSA) is 97.4 Å². The molecule has 2 aromatic rings. The number of carbonyl (C=O) groups is 1. The van der Waals surface area contributed by atoms with Gasteiger partial charge in [0.15, 0.2) is 14.9 Å². The molecule has 138 valence electrons. The summed E-state index contributed by atoms with van der Waals surface area (Å²) in [7, 11) is -3.29. The number of benzene rings is 1. The number of nitrogens with zero attached hydrogens (tertiary/aromatic N) is 1. The van der Waals surface area contributed by atoms with Gasteiger partial charge in [0.05, 0.1) is 11.9 Å². The van der Waals surface area contributed by atoms with Crippen molar-refractivity contribution in [2.45, 2.75) is 36.6 Å². The summed E-state index contributed by atoms with van der Waals surface area (Å²) in [6, 6.07) is 13.0. The van der Waals surface area contributed by atoms with Gasteiger partial charge in [-0.15, -0.1) is 0 Å². The van der Waals surface area contributed by atoms with Crippen molar-refractivity contribution < 1.29 is 17.9 Å². The minimum absolute atomic E-state index is 0.0531. The Balaban J connectivity index is 1.38. The van der Waals surface area contributed by atoms with Gasteiger partial charge in [-0.25, -0.2) is 18.2 Å². The minimum Gasteiger partial charge on any atom is -0.445 e. The summed E-state index contributed by atoms with van der Waals surface area (Å²) in [4.78, 5) is 15.7. The zero-order chi connectivity index (χ0) is 18.6. The van der Waals surface area contributed by atoms with E-state index >= 15 is 0 Å². The first-order valence-electron chi connectivity index (χ1n) is 8.30. The molecule has 1 aromatic carbocycles. The minimum atomic E-state index is -3.29. The van der Waals surface area contributed by atoms with E-state index < -0.39 is 15.9 Å². The van der Waals surface area contributed by atoms with Crippen molar-refractivity contribution in [3.05, 3.63) is 54.2 Å². The lowest BCUT2D eigenvalue weighted by Gasteiger charge is -2.36. The summed E-state index contributed by atoms with van der Waals surface area (Å²) >= 11 is 0.